The lowest BCUT2D eigenvalue weighted by atomic mass is 9.94. The highest BCUT2D eigenvalue weighted by molar-refractivity contribution is 5.89. The van der Waals surface area contributed by atoms with Crippen LogP contribution in [-0.2, 0) is 19.1 Å². The number of rotatable bonds is 2. The molecule has 0 amide bonds. The second kappa shape index (κ2) is 8.62. The Morgan fingerprint density at radius 3 is 2.63 bits per heavy atom. The molecule has 1 aliphatic rings. The van der Waals surface area contributed by atoms with Crippen molar-refractivity contribution in [1.29, 1.82) is 0 Å². The van der Waals surface area contributed by atoms with Crippen molar-refractivity contribution >= 4 is 18.0 Å². The van der Waals surface area contributed by atoms with Crippen molar-refractivity contribution in [3.63, 3.8) is 0 Å². The number of carbonyl (C=O) groups excluding carboxylic acids is 3. The fourth-order valence-corrected chi connectivity index (χ4v) is 2.35. The third-order valence-corrected chi connectivity index (χ3v) is 3.44. The Morgan fingerprint density at radius 2 is 1.95 bits per heavy atom. The van der Waals surface area contributed by atoms with Gasteiger partial charge in [-0.05, 0) is 18.4 Å². The molecule has 4 heteroatoms. The van der Waals surface area contributed by atoms with Gasteiger partial charge in [-0.3, -0.25) is 14.4 Å². The van der Waals surface area contributed by atoms with Gasteiger partial charge >= 0.3 is 5.97 Å². The summed E-state index contributed by atoms with van der Waals surface area (Å²) in [5.74, 6) is -0.663. The van der Waals surface area contributed by atoms with Crippen LogP contribution in [0.5, 0.6) is 0 Å². The lowest BCUT2D eigenvalue weighted by Crippen LogP contribution is -2.16. The molecule has 0 heterocycles. The first-order valence-corrected chi connectivity index (χ1v) is 6.92. The van der Waals surface area contributed by atoms with Gasteiger partial charge in [-0.25, -0.2) is 0 Å². The highest BCUT2D eigenvalue weighted by Gasteiger charge is 2.18. The predicted molar refractivity (Wildman–Crippen MR) is 71.6 cm³/mol. The third kappa shape index (κ3) is 5.81. The van der Waals surface area contributed by atoms with E-state index in [9.17, 15) is 14.4 Å². The van der Waals surface area contributed by atoms with Crippen molar-refractivity contribution in [1.82, 2.24) is 0 Å². The molecule has 19 heavy (non-hydrogen) atoms. The van der Waals surface area contributed by atoms with Crippen LogP contribution < -0.4 is 0 Å². The van der Waals surface area contributed by atoms with Crippen molar-refractivity contribution in [2.45, 2.75) is 51.4 Å². The number of hydrogen-bond donors (Lipinski definition) is 0. The van der Waals surface area contributed by atoms with Gasteiger partial charge in [0, 0.05) is 12.8 Å². The zero-order valence-corrected chi connectivity index (χ0v) is 11.5. The average Bonchev–Trinajstić information content (AvgIpc) is 2.41. The van der Waals surface area contributed by atoms with Crippen LogP contribution in [0.1, 0.15) is 51.4 Å². The average molecular weight is 266 g/mol. The van der Waals surface area contributed by atoms with Crippen molar-refractivity contribution in [3.05, 3.63) is 11.6 Å². The summed E-state index contributed by atoms with van der Waals surface area (Å²) in [5, 5.41) is 0. The molecule has 0 aromatic carbocycles. The van der Waals surface area contributed by atoms with E-state index in [-0.39, 0.29) is 18.2 Å². The number of aldehydes is 1. The molecule has 0 aromatic heterocycles. The highest BCUT2D eigenvalue weighted by atomic mass is 16.5. The molecule has 4 nitrogen and oxygen atoms in total. The van der Waals surface area contributed by atoms with Crippen LogP contribution in [0.4, 0.5) is 0 Å². The van der Waals surface area contributed by atoms with E-state index in [4.69, 9.17) is 4.74 Å². The highest BCUT2D eigenvalue weighted by Crippen LogP contribution is 2.19. The maximum absolute atomic E-state index is 11.7. The van der Waals surface area contributed by atoms with Crippen molar-refractivity contribution in [3.8, 4) is 0 Å². The number of ketones is 1. The van der Waals surface area contributed by atoms with Gasteiger partial charge in [-0.2, -0.15) is 0 Å². The Labute approximate surface area is 114 Å². The first kappa shape index (κ1) is 15.6. The number of carbonyl (C=O) groups is 3. The minimum Gasteiger partial charge on any atom is -0.469 e. The van der Waals surface area contributed by atoms with Gasteiger partial charge in [0.05, 0.1) is 13.0 Å². The normalized spacial score (nSPS) is 25.4. The largest absolute Gasteiger partial charge is 0.469 e. The van der Waals surface area contributed by atoms with Crippen molar-refractivity contribution in [2.24, 2.45) is 5.92 Å². The Morgan fingerprint density at radius 1 is 1.26 bits per heavy atom. The summed E-state index contributed by atoms with van der Waals surface area (Å²) < 4.78 is 4.75. The van der Waals surface area contributed by atoms with Gasteiger partial charge in [0.15, 0.2) is 0 Å². The predicted octanol–water partition coefficient (Wildman–Crippen LogP) is 2.60. The van der Waals surface area contributed by atoms with E-state index < -0.39 is 5.92 Å². The maximum Gasteiger partial charge on any atom is 0.312 e. The Bertz CT molecular complexity index is 357. The summed E-state index contributed by atoms with van der Waals surface area (Å²) in [6, 6.07) is 0. The number of esters is 1. The van der Waals surface area contributed by atoms with E-state index in [1.807, 2.05) is 0 Å². The van der Waals surface area contributed by atoms with Crippen LogP contribution in [0.25, 0.3) is 0 Å². The second-order valence-electron chi connectivity index (χ2n) is 5.01. The lowest BCUT2D eigenvalue weighted by Gasteiger charge is -2.12. The van der Waals surface area contributed by atoms with Crippen molar-refractivity contribution < 1.29 is 19.1 Å². The minimum absolute atomic E-state index is 0.0718. The van der Waals surface area contributed by atoms with Gasteiger partial charge in [0.2, 0.25) is 0 Å². The van der Waals surface area contributed by atoms with E-state index in [0.29, 0.717) is 24.7 Å². The molecule has 1 rings (SSSR count). The van der Waals surface area contributed by atoms with Gasteiger partial charge in [0.1, 0.15) is 12.1 Å². The lowest BCUT2D eigenvalue weighted by molar-refractivity contribution is -0.144. The molecule has 106 valence electrons. The summed E-state index contributed by atoms with van der Waals surface area (Å²) in [5.41, 5.74) is 0.404. The van der Waals surface area contributed by atoms with Crippen LogP contribution in [-0.4, -0.2) is 25.1 Å². The molecule has 1 aliphatic carbocycles. The van der Waals surface area contributed by atoms with Crippen LogP contribution in [0.15, 0.2) is 11.6 Å². The Hall–Kier alpha value is -1.45. The van der Waals surface area contributed by atoms with Gasteiger partial charge < -0.3 is 4.74 Å². The van der Waals surface area contributed by atoms with Crippen LogP contribution in [0.3, 0.4) is 0 Å². The molecule has 0 aliphatic heterocycles. The Kier molecular flexibility index (Phi) is 7.08. The van der Waals surface area contributed by atoms with Crippen LogP contribution in [0.2, 0.25) is 0 Å². The van der Waals surface area contributed by atoms with Crippen LogP contribution in [0, 0.1) is 5.92 Å². The fraction of sp³-hybridized carbons (Fsp3) is 0.667. The standard InChI is InChI=1S/C15H22O4/c1-19-15(18)13-7-5-3-2-4-6-8-14(17)10-12(9-13)11-16/h9,11,13H,2-8,10H2,1H3/b12-9-. The summed E-state index contributed by atoms with van der Waals surface area (Å²) in [7, 11) is 1.35. The number of hydrogen-bond acceptors (Lipinski definition) is 4. The molecule has 0 aromatic rings. The van der Waals surface area contributed by atoms with E-state index in [2.05, 4.69) is 0 Å². The summed E-state index contributed by atoms with van der Waals surface area (Å²) in [6.07, 6.45) is 8.63. The quantitative estimate of drug-likeness (QED) is 0.569. The van der Waals surface area contributed by atoms with Gasteiger partial charge in [-0.15, -0.1) is 0 Å². The minimum atomic E-state index is -0.405. The second-order valence-corrected chi connectivity index (χ2v) is 5.01. The smallest absolute Gasteiger partial charge is 0.312 e. The van der Waals surface area contributed by atoms with Crippen LogP contribution >= 0.6 is 0 Å². The van der Waals surface area contributed by atoms with E-state index in [1.54, 1.807) is 6.08 Å². The molecular formula is C15H22O4. The number of methoxy groups -OCH3 is 1. The van der Waals surface area contributed by atoms with E-state index >= 15 is 0 Å². The zero-order chi connectivity index (χ0) is 14.1. The molecule has 0 spiro atoms. The molecular weight excluding hydrogens is 244 g/mol. The van der Waals surface area contributed by atoms with Crippen molar-refractivity contribution in [2.75, 3.05) is 7.11 Å². The maximum atomic E-state index is 11.7. The number of allylic oxidation sites excluding steroid dienone is 1. The van der Waals surface area contributed by atoms with Gasteiger partial charge in [-0.1, -0.05) is 31.8 Å². The van der Waals surface area contributed by atoms with E-state index in [0.717, 1.165) is 32.1 Å². The molecule has 0 N–H and O–H groups in total. The first-order valence-electron chi connectivity index (χ1n) is 6.92. The monoisotopic (exact) mass is 266 g/mol. The molecule has 0 saturated heterocycles. The van der Waals surface area contributed by atoms with Gasteiger partial charge in [0.25, 0.3) is 0 Å². The SMILES string of the molecule is COC(=O)C1/C=C(\C=O)CC(=O)CCCCCCC1. The molecule has 1 unspecified atom stereocenters. The summed E-state index contributed by atoms with van der Waals surface area (Å²) in [4.78, 5) is 34.4. The summed E-state index contributed by atoms with van der Waals surface area (Å²) >= 11 is 0. The molecule has 0 radical (unpaired) electrons. The first-order chi connectivity index (χ1) is 9.17. The molecule has 1 atom stereocenters. The Balaban J connectivity index is 2.82. The molecule has 0 bridgehead atoms. The summed E-state index contributed by atoms with van der Waals surface area (Å²) in [6.45, 7) is 0. The fourth-order valence-electron chi connectivity index (χ4n) is 2.35. The third-order valence-electron chi connectivity index (χ3n) is 3.44. The molecule has 0 fully saturated rings. The number of Topliss-reactive ketones (excluding diaryl/α,β-unsaturated/α-hetero) is 1. The number of ether oxygens (including phenoxy) is 1. The van der Waals surface area contributed by atoms with E-state index in [1.165, 1.54) is 7.11 Å². The zero-order valence-electron chi connectivity index (χ0n) is 11.5. The topological polar surface area (TPSA) is 60.4 Å². The molecule has 0 saturated carbocycles.